The predicted octanol–water partition coefficient (Wildman–Crippen LogP) is 2.01. The van der Waals surface area contributed by atoms with Gasteiger partial charge in [0.2, 0.25) is 6.41 Å². The van der Waals surface area contributed by atoms with Gasteiger partial charge in [-0.2, -0.15) is 5.21 Å². The molecule has 0 saturated heterocycles. The number of para-hydroxylation sites is 1. The zero-order chi connectivity index (χ0) is 22.2. The summed E-state index contributed by atoms with van der Waals surface area (Å²) >= 11 is 0. The third-order valence-corrected chi connectivity index (χ3v) is 4.68. The molecule has 5 aromatic rings. The Labute approximate surface area is 213 Å². The molecule has 8 heteroatoms. The molecule has 0 aliphatic heterocycles. The number of anilines is 1. The van der Waals surface area contributed by atoms with Crippen LogP contribution in [0.3, 0.4) is 0 Å². The molecule has 4 aromatic carbocycles. The van der Waals surface area contributed by atoms with Gasteiger partial charge >= 0.3 is 29.6 Å². The zero-order valence-corrected chi connectivity index (χ0v) is 20.3. The Balaban J connectivity index is 0.000000186. The Kier molecular flexibility index (Phi) is 8.71. The molecular formula is C25H20N5NaO2. The number of tetrazole rings is 1. The fourth-order valence-corrected chi connectivity index (χ4v) is 3.09. The molecule has 158 valence electrons. The second-order valence-electron chi connectivity index (χ2n) is 6.93. The number of nitrogens with one attached hydrogen (secondary N) is 1. The zero-order valence-electron chi connectivity index (χ0n) is 18.3. The minimum Gasteiger partial charge on any atom is -0.457 e. The second kappa shape index (κ2) is 11.9. The Hall–Kier alpha value is -3.52. The number of rotatable bonds is 5. The summed E-state index contributed by atoms with van der Waals surface area (Å²) in [6.07, 6.45) is 0.600. The van der Waals surface area contributed by atoms with Crippen LogP contribution in [0.25, 0.3) is 22.2 Å². The number of hydrogen-bond acceptors (Lipinski definition) is 5. The number of carbonyl (C=O) groups is 1. The quantitative estimate of drug-likeness (QED) is 0.329. The topological polar surface area (TPSA) is 91.1 Å². The molecule has 7 nitrogen and oxygen atoms in total. The summed E-state index contributed by atoms with van der Waals surface area (Å²) in [4.78, 5) is 10.3. The first-order valence-electron chi connectivity index (χ1n) is 9.94. The number of nitrogens with zero attached hydrogens (tertiary/aromatic N) is 4. The Morgan fingerprint density at radius 1 is 0.848 bits per heavy atom. The summed E-state index contributed by atoms with van der Waals surface area (Å²) in [6.45, 7) is 2.07. The van der Waals surface area contributed by atoms with Crippen molar-refractivity contribution < 1.29 is 39.1 Å². The van der Waals surface area contributed by atoms with Crippen LogP contribution in [0.2, 0.25) is 0 Å². The van der Waals surface area contributed by atoms with Crippen molar-refractivity contribution in [3.05, 3.63) is 96.6 Å². The number of amides is 1. The van der Waals surface area contributed by atoms with Crippen molar-refractivity contribution in [2.45, 2.75) is 6.92 Å². The van der Waals surface area contributed by atoms with Crippen molar-refractivity contribution >= 4 is 22.9 Å². The summed E-state index contributed by atoms with van der Waals surface area (Å²) in [5, 5.41) is 19.1. The maximum absolute atomic E-state index is 10.3. The normalized spacial score (nSPS) is 9.85. The molecule has 0 aliphatic carbocycles. The molecule has 0 spiro atoms. The second-order valence-corrected chi connectivity index (χ2v) is 6.93. The largest absolute Gasteiger partial charge is 1.00 e. The van der Waals surface area contributed by atoms with E-state index in [1.54, 1.807) is 18.2 Å². The van der Waals surface area contributed by atoms with Gasteiger partial charge in [-0.1, -0.05) is 66.2 Å². The van der Waals surface area contributed by atoms with E-state index >= 15 is 0 Å². The van der Waals surface area contributed by atoms with Gasteiger partial charge in [-0.3, -0.25) is 15.1 Å². The van der Waals surface area contributed by atoms with E-state index in [4.69, 9.17) is 4.74 Å². The molecule has 0 unspecified atom stereocenters. The van der Waals surface area contributed by atoms with Crippen LogP contribution in [-0.2, 0) is 4.79 Å². The molecule has 0 aliphatic rings. The molecule has 1 aromatic heterocycles. The number of hydrogen-bond donors (Lipinski definition) is 1. The molecule has 0 atom stereocenters. The predicted molar refractivity (Wildman–Crippen MR) is 123 cm³/mol. The van der Waals surface area contributed by atoms with E-state index in [1.165, 1.54) is 16.3 Å². The van der Waals surface area contributed by atoms with Crippen LogP contribution in [0, 0.1) is 6.92 Å². The van der Waals surface area contributed by atoms with Crippen molar-refractivity contribution in [2.24, 2.45) is 0 Å². The molecule has 0 fully saturated rings. The standard InChI is InChI=1S/C17H14O.C8H7N5O.Na/c1-13-6-9-16(10-7-13)18-17-11-8-14-4-2-3-5-15(14)12-17;14-5-9-7-4-2-1-3-6(7)8-10-12-13-11-8;/h2-12H,1H3;1-5H,(H2,9,10,11,12,13,14);/q;;+1/p-1. The Morgan fingerprint density at radius 3 is 2.27 bits per heavy atom. The smallest absolute Gasteiger partial charge is 0.457 e. The monoisotopic (exact) mass is 445 g/mol. The first-order valence-corrected chi connectivity index (χ1v) is 9.94. The summed E-state index contributed by atoms with van der Waals surface area (Å²) in [6, 6.07) is 29.7. The molecular weight excluding hydrogens is 425 g/mol. The van der Waals surface area contributed by atoms with Crippen LogP contribution >= 0.6 is 0 Å². The SMILES string of the molecule is Cc1ccc(Oc2ccc3ccccc3c2)cc1.O=CNc1ccccc1-c1nnn[n-]1.[Na+]. The fourth-order valence-electron chi connectivity index (χ4n) is 3.09. The van der Waals surface area contributed by atoms with Gasteiger partial charge in [-0.15, -0.1) is 0 Å². The van der Waals surface area contributed by atoms with Crippen molar-refractivity contribution in [3.63, 3.8) is 0 Å². The first kappa shape index (κ1) is 24.1. The number of fused-ring (bicyclic) bond motifs is 1. The Morgan fingerprint density at radius 2 is 1.55 bits per heavy atom. The summed E-state index contributed by atoms with van der Waals surface area (Å²) < 4.78 is 5.84. The van der Waals surface area contributed by atoms with Crippen LogP contribution in [-0.4, -0.2) is 21.9 Å². The minimum atomic E-state index is 0. The molecule has 33 heavy (non-hydrogen) atoms. The van der Waals surface area contributed by atoms with Gasteiger partial charge in [0.05, 0.1) is 0 Å². The molecule has 0 bridgehead atoms. The van der Waals surface area contributed by atoms with E-state index in [1.807, 2.05) is 36.4 Å². The third kappa shape index (κ3) is 6.49. The maximum atomic E-state index is 10.3. The number of carbonyl (C=O) groups excluding carboxylic acids is 1. The molecule has 1 amide bonds. The average Bonchev–Trinajstić information content (AvgIpc) is 3.36. The van der Waals surface area contributed by atoms with Gasteiger partial charge in [-0.25, -0.2) is 0 Å². The van der Waals surface area contributed by atoms with E-state index in [-0.39, 0.29) is 29.6 Å². The number of ether oxygens (including phenoxy) is 1. The van der Waals surface area contributed by atoms with Crippen molar-refractivity contribution in [1.29, 1.82) is 0 Å². The van der Waals surface area contributed by atoms with Crippen molar-refractivity contribution in [1.82, 2.24) is 20.6 Å². The van der Waals surface area contributed by atoms with Gasteiger partial charge in [0.1, 0.15) is 11.5 Å². The van der Waals surface area contributed by atoms with Crippen molar-refractivity contribution in [3.8, 4) is 22.9 Å². The van der Waals surface area contributed by atoms with E-state index in [9.17, 15) is 4.79 Å². The minimum absolute atomic E-state index is 0. The summed E-state index contributed by atoms with van der Waals surface area (Å²) in [5.74, 6) is 2.14. The van der Waals surface area contributed by atoms with E-state index in [2.05, 4.69) is 69.3 Å². The van der Waals surface area contributed by atoms with Crippen LogP contribution in [0.4, 0.5) is 5.69 Å². The fraction of sp³-hybridized carbons (Fsp3) is 0.0400. The third-order valence-electron chi connectivity index (χ3n) is 4.68. The van der Waals surface area contributed by atoms with Gasteiger partial charge in [-0.05, 0) is 48.0 Å². The first-order chi connectivity index (χ1) is 15.7. The van der Waals surface area contributed by atoms with Crippen molar-refractivity contribution in [2.75, 3.05) is 5.32 Å². The van der Waals surface area contributed by atoms with E-state index in [0.717, 1.165) is 11.5 Å². The number of aryl methyl sites for hydroxylation is 1. The van der Waals surface area contributed by atoms with E-state index in [0.29, 0.717) is 23.5 Å². The maximum Gasteiger partial charge on any atom is 1.00 e. The number of benzene rings is 4. The van der Waals surface area contributed by atoms with Crippen LogP contribution < -0.4 is 44.7 Å². The summed E-state index contributed by atoms with van der Waals surface area (Å²) in [5.41, 5.74) is 2.57. The number of aromatic nitrogens is 4. The summed E-state index contributed by atoms with van der Waals surface area (Å²) in [7, 11) is 0. The van der Waals surface area contributed by atoms with Gasteiger partial charge in [0.15, 0.2) is 0 Å². The molecule has 1 heterocycles. The van der Waals surface area contributed by atoms with Crippen LogP contribution in [0.5, 0.6) is 11.5 Å². The van der Waals surface area contributed by atoms with Crippen LogP contribution in [0.15, 0.2) is 91.0 Å². The average molecular weight is 445 g/mol. The molecule has 0 radical (unpaired) electrons. The van der Waals surface area contributed by atoms with E-state index < -0.39 is 0 Å². The molecule has 5 rings (SSSR count). The van der Waals surface area contributed by atoms with Gasteiger partial charge in [0, 0.05) is 17.1 Å². The molecule has 0 saturated carbocycles. The Bertz CT molecular complexity index is 1310. The van der Waals surface area contributed by atoms with Gasteiger partial charge in [0.25, 0.3) is 0 Å². The van der Waals surface area contributed by atoms with Crippen LogP contribution in [0.1, 0.15) is 5.56 Å². The molecule has 1 N–H and O–H groups in total. The van der Waals surface area contributed by atoms with Gasteiger partial charge < -0.3 is 15.2 Å².